The monoisotopic (exact) mass is 401 g/mol. The quantitative estimate of drug-likeness (QED) is 0.300. The van der Waals surface area contributed by atoms with Crippen LogP contribution in [0.15, 0.2) is 30.3 Å². The molecule has 1 heterocycles. The Hall–Kier alpha value is -3.62. The number of hydrogen-bond donors (Lipinski definition) is 0. The largest absolute Gasteiger partial charge is 0.493 e. The van der Waals surface area contributed by atoms with Gasteiger partial charge in [-0.3, -0.25) is 14.9 Å². The summed E-state index contributed by atoms with van der Waals surface area (Å²) in [5.41, 5.74) is 0.222. The summed E-state index contributed by atoms with van der Waals surface area (Å²) in [6.45, 7) is 3.92. The number of nitrogens with zero attached hydrogens (tertiary/aromatic N) is 1. The molecule has 29 heavy (non-hydrogen) atoms. The van der Waals surface area contributed by atoms with Crippen LogP contribution in [0.4, 0.5) is 5.69 Å². The standard InChI is InChI=1S/C20H19NO8/c1-3-26-17-5-4-13(12(2)22)8-14(17)11-29-20(23)15-9-18-19(28-7-6-27-18)10-16(15)21(24)25/h4-5,8-10H,3,6-7,11H2,1-2H3. The number of fused-ring (bicyclic) bond motifs is 1. The van der Waals surface area contributed by atoms with Crippen molar-refractivity contribution in [2.24, 2.45) is 0 Å². The molecule has 0 unspecified atom stereocenters. The minimum absolute atomic E-state index is 0.150. The first-order valence-electron chi connectivity index (χ1n) is 8.92. The predicted molar refractivity (Wildman–Crippen MR) is 101 cm³/mol. The summed E-state index contributed by atoms with van der Waals surface area (Å²) >= 11 is 0. The Balaban J connectivity index is 1.87. The molecule has 9 heteroatoms. The second kappa shape index (κ2) is 8.59. The van der Waals surface area contributed by atoms with Crippen molar-refractivity contribution < 1.29 is 33.5 Å². The van der Waals surface area contributed by atoms with Gasteiger partial charge in [-0.05, 0) is 32.0 Å². The number of nitro benzene ring substituents is 1. The Morgan fingerprint density at radius 1 is 1.14 bits per heavy atom. The van der Waals surface area contributed by atoms with Crippen LogP contribution in [0, 0.1) is 10.1 Å². The first-order chi connectivity index (χ1) is 13.9. The molecule has 0 radical (unpaired) electrons. The summed E-state index contributed by atoms with van der Waals surface area (Å²) in [6, 6.07) is 7.19. The van der Waals surface area contributed by atoms with E-state index in [1.807, 2.05) is 0 Å². The van der Waals surface area contributed by atoms with E-state index in [2.05, 4.69) is 0 Å². The van der Waals surface area contributed by atoms with Gasteiger partial charge in [0.05, 0.1) is 17.6 Å². The maximum atomic E-state index is 12.6. The van der Waals surface area contributed by atoms with Crippen LogP contribution in [-0.2, 0) is 11.3 Å². The Labute approximate surface area is 166 Å². The van der Waals surface area contributed by atoms with E-state index in [4.69, 9.17) is 18.9 Å². The molecule has 0 atom stereocenters. The Bertz CT molecular complexity index is 969. The number of Topliss-reactive ketones (excluding diaryl/α,β-unsaturated/α-hetero) is 1. The third-order valence-electron chi connectivity index (χ3n) is 4.20. The van der Waals surface area contributed by atoms with Crippen molar-refractivity contribution in [3.8, 4) is 17.2 Å². The third kappa shape index (κ3) is 4.45. The van der Waals surface area contributed by atoms with E-state index in [-0.39, 0.29) is 42.7 Å². The molecule has 3 rings (SSSR count). The average Bonchev–Trinajstić information content (AvgIpc) is 2.71. The highest BCUT2D eigenvalue weighted by Gasteiger charge is 2.27. The van der Waals surface area contributed by atoms with Gasteiger partial charge in [-0.15, -0.1) is 0 Å². The van der Waals surface area contributed by atoms with Crippen LogP contribution >= 0.6 is 0 Å². The summed E-state index contributed by atoms with van der Waals surface area (Å²) in [5, 5.41) is 11.4. The van der Waals surface area contributed by atoms with Crippen molar-refractivity contribution in [2.45, 2.75) is 20.5 Å². The molecule has 0 spiro atoms. The van der Waals surface area contributed by atoms with Gasteiger partial charge in [0.2, 0.25) is 0 Å². The number of esters is 1. The highest BCUT2D eigenvalue weighted by atomic mass is 16.6. The lowest BCUT2D eigenvalue weighted by Crippen LogP contribution is -2.17. The fraction of sp³-hybridized carbons (Fsp3) is 0.300. The zero-order chi connectivity index (χ0) is 21.0. The average molecular weight is 401 g/mol. The smallest absolute Gasteiger partial charge is 0.345 e. The predicted octanol–water partition coefficient (Wildman–Crippen LogP) is 3.32. The van der Waals surface area contributed by atoms with Crippen molar-refractivity contribution in [2.75, 3.05) is 19.8 Å². The molecule has 0 amide bonds. The van der Waals surface area contributed by atoms with Gasteiger partial charge in [0.15, 0.2) is 17.3 Å². The van der Waals surface area contributed by atoms with Crippen LogP contribution in [0.25, 0.3) is 0 Å². The summed E-state index contributed by atoms with van der Waals surface area (Å²) in [6.07, 6.45) is 0. The van der Waals surface area contributed by atoms with Crippen molar-refractivity contribution in [3.63, 3.8) is 0 Å². The zero-order valence-corrected chi connectivity index (χ0v) is 15.9. The molecule has 0 aliphatic carbocycles. The van der Waals surface area contributed by atoms with Crippen molar-refractivity contribution >= 4 is 17.4 Å². The van der Waals surface area contributed by atoms with Gasteiger partial charge in [-0.25, -0.2) is 4.79 Å². The molecule has 0 aromatic heterocycles. The number of nitro groups is 1. The van der Waals surface area contributed by atoms with Gasteiger partial charge in [0.25, 0.3) is 5.69 Å². The maximum absolute atomic E-state index is 12.6. The molecule has 0 saturated carbocycles. The SMILES string of the molecule is CCOc1ccc(C(C)=O)cc1COC(=O)c1cc2c(cc1[N+](=O)[O-])OCCO2. The van der Waals surface area contributed by atoms with E-state index in [1.165, 1.54) is 13.0 Å². The Morgan fingerprint density at radius 2 is 1.83 bits per heavy atom. The van der Waals surface area contributed by atoms with Gasteiger partial charge in [0.1, 0.15) is 31.1 Å². The normalized spacial score (nSPS) is 12.2. The topological polar surface area (TPSA) is 114 Å². The highest BCUT2D eigenvalue weighted by Crippen LogP contribution is 2.37. The van der Waals surface area contributed by atoms with E-state index >= 15 is 0 Å². The van der Waals surface area contributed by atoms with Gasteiger partial charge in [-0.2, -0.15) is 0 Å². The lowest BCUT2D eigenvalue weighted by atomic mass is 10.1. The highest BCUT2D eigenvalue weighted by molar-refractivity contribution is 5.95. The number of hydrogen-bond acceptors (Lipinski definition) is 8. The molecule has 2 aromatic carbocycles. The number of carbonyl (C=O) groups is 2. The lowest BCUT2D eigenvalue weighted by molar-refractivity contribution is -0.385. The molecule has 9 nitrogen and oxygen atoms in total. The molecule has 2 aromatic rings. The van der Waals surface area contributed by atoms with Crippen molar-refractivity contribution in [1.29, 1.82) is 0 Å². The molecule has 152 valence electrons. The summed E-state index contributed by atoms with van der Waals surface area (Å²) in [7, 11) is 0. The Morgan fingerprint density at radius 3 is 2.45 bits per heavy atom. The van der Waals surface area contributed by atoms with E-state index in [1.54, 1.807) is 25.1 Å². The second-order valence-electron chi connectivity index (χ2n) is 6.16. The van der Waals surface area contributed by atoms with E-state index in [0.29, 0.717) is 23.5 Å². The molecular weight excluding hydrogens is 382 g/mol. The van der Waals surface area contributed by atoms with Gasteiger partial charge >= 0.3 is 5.97 Å². The number of ether oxygens (including phenoxy) is 4. The Kier molecular flexibility index (Phi) is 5.96. The second-order valence-corrected chi connectivity index (χ2v) is 6.16. The molecule has 1 aliphatic rings. The minimum atomic E-state index is -0.899. The number of benzene rings is 2. The van der Waals surface area contributed by atoms with Crippen LogP contribution < -0.4 is 14.2 Å². The lowest BCUT2D eigenvalue weighted by Gasteiger charge is -2.18. The molecular formula is C20H19NO8. The summed E-state index contributed by atoms with van der Waals surface area (Å²) in [4.78, 5) is 34.9. The number of carbonyl (C=O) groups excluding carboxylic acids is 2. The van der Waals surface area contributed by atoms with Gasteiger partial charge < -0.3 is 18.9 Å². The van der Waals surface area contributed by atoms with Gasteiger partial charge in [0, 0.05) is 17.2 Å². The van der Waals surface area contributed by atoms with E-state index in [9.17, 15) is 19.7 Å². The minimum Gasteiger partial charge on any atom is -0.493 e. The summed E-state index contributed by atoms with van der Waals surface area (Å²) in [5.74, 6) is -0.149. The third-order valence-corrected chi connectivity index (χ3v) is 4.20. The molecule has 0 bridgehead atoms. The first-order valence-corrected chi connectivity index (χ1v) is 8.92. The van der Waals surface area contributed by atoms with Crippen LogP contribution in [-0.4, -0.2) is 36.5 Å². The number of rotatable bonds is 7. The van der Waals surface area contributed by atoms with Crippen molar-refractivity contribution in [3.05, 3.63) is 57.1 Å². The fourth-order valence-corrected chi connectivity index (χ4v) is 2.82. The summed E-state index contributed by atoms with van der Waals surface area (Å²) < 4.78 is 21.5. The molecule has 0 N–H and O–H groups in total. The first kappa shape index (κ1) is 20.1. The van der Waals surface area contributed by atoms with Crippen LogP contribution in [0.3, 0.4) is 0 Å². The molecule has 0 saturated heterocycles. The maximum Gasteiger partial charge on any atom is 0.345 e. The fourth-order valence-electron chi connectivity index (χ4n) is 2.82. The van der Waals surface area contributed by atoms with Crippen molar-refractivity contribution in [1.82, 2.24) is 0 Å². The van der Waals surface area contributed by atoms with E-state index < -0.39 is 16.6 Å². The molecule has 1 aliphatic heterocycles. The zero-order valence-electron chi connectivity index (χ0n) is 15.9. The van der Waals surface area contributed by atoms with Crippen LogP contribution in [0.1, 0.15) is 40.1 Å². The van der Waals surface area contributed by atoms with E-state index in [0.717, 1.165) is 6.07 Å². The van der Waals surface area contributed by atoms with Gasteiger partial charge in [-0.1, -0.05) is 0 Å². The number of ketones is 1. The molecule has 0 fully saturated rings. The van der Waals surface area contributed by atoms with Crippen LogP contribution in [0.2, 0.25) is 0 Å². The van der Waals surface area contributed by atoms with Crippen LogP contribution in [0.5, 0.6) is 17.2 Å².